The van der Waals surface area contributed by atoms with Crippen LogP contribution in [0.25, 0.3) is 0 Å². The van der Waals surface area contributed by atoms with Crippen molar-refractivity contribution in [2.45, 2.75) is 31.1 Å². The Bertz CT molecular complexity index is 409. The highest BCUT2D eigenvalue weighted by molar-refractivity contribution is 7.85. The van der Waals surface area contributed by atoms with E-state index >= 15 is 0 Å². The van der Waals surface area contributed by atoms with Crippen molar-refractivity contribution in [3.63, 3.8) is 0 Å². The molecule has 1 rings (SSSR count). The standard InChI is InChI=1S/C10H14O3S/c1-3-8(2)9-6-4-5-7-10(9)14(11,12)13/h4-8H,3H2,1-2H3,(H,11,12,13). The number of benzene rings is 1. The van der Waals surface area contributed by atoms with Gasteiger partial charge in [0.05, 0.1) is 4.90 Å². The molecule has 1 N–H and O–H groups in total. The van der Waals surface area contributed by atoms with Crippen molar-refractivity contribution >= 4 is 10.1 Å². The first-order chi connectivity index (χ1) is 6.46. The third-order valence-electron chi connectivity index (χ3n) is 2.34. The van der Waals surface area contributed by atoms with Crippen molar-refractivity contribution in [1.29, 1.82) is 0 Å². The van der Waals surface area contributed by atoms with Crippen LogP contribution in [-0.4, -0.2) is 13.0 Å². The Morgan fingerprint density at radius 3 is 2.43 bits per heavy atom. The highest BCUT2D eigenvalue weighted by atomic mass is 32.2. The van der Waals surface area contributed by atoms with Gasteiger partial charge in [-0.25, -0.2) is 0 Å². The molecule has 0 saturated heterocycles. The van der Waals surface area contributed by atoms with Gasteiger partial charge in [-0.15, -0.1) is 0 Å². The molecule has 1 aromatic carbocycles. The Hall–Kier alpha value is -0.870. The maximum atomic E-state index is 11.0. The van der Waals surface area contributed by atoms with Crippen LogP contribution in [0, 0.1) is 0 Å². The van der Waals surface area contributed by atoms with Gasteiger partial charge in [0.15, 0.2) is 0 Å². The van der Waals surface area contributed by atoms with E-state index in [2.05, 4.69) is 0 Å². The molecule has 0 saturated carbocycles. The zero-order valence-electron chi connectivity index (χ0n) is 8.27. The van der Waals surface area contributed by atoms with Crippen molar-refractivity contribution in [2.75, 3.05) is 0 Å². The first-order valence-electron chi connectivity index (χ1n) is 4.53. The molecule has 0 aliphatic rings. The third-order valence-corrected chi connectivity index (χ3v) is 3.27. The first-order valence-corrected chi connectivity index (χ1v) is 5.97. The minimum Gasteiger partial charge on any atom is -0.282 e. The van der Waals surface area contributed by atoms with Crippen molar-refractivity contribution in [3.8, 4) is 0 Å². The summed E-state index contributed by atoms with van der Waals surface area (Å²) in [7, 11) is -4.09. The van der Waals surface area contributed by atoms with E-state index in [4.69, 9.17) is 4.55 Å². The summed E-state index contributed by atoms with van der Waals surface area (Å²) in [6.07, 6.45) is 0.840. The molecule has 78 valence electrons. The minimum atomic E-state index is -4.09. The van der Waals surface area contributed by atoms with Gasteiger partial charge in [-0.05, 0) is 24.0 Å². The molecule has 1 atom stereocenters. The highest BCUT2D eigenvalue weighted by Crippen LogP contribution is 2.25. The summed E-state index contributed by atoms with van der Waals surface area (Å²) in [6.45, 7) is 3.91. The largest absolute Gasteiger partial charge is 0.294 e. The van der Waals surface area contributed by atoms with Crippen LogP contribution in [0.5, 0.6) is 0 Å². The molecule has 14 heavy (non-hydrogen) atoms. The summed E-state index contributed by atoms with van der Waals surface area (Å²) in [5.74, 6) is 0.133. The molecule has 0 aromatic heterocycles. The van der Waals surface area contributed by atoms with Gasteiger partial charge in [0.1, 0.15) is 0 Å². The molecule has 3 nitrogen and oxygen atoms in total. The molecular formula is C10H14O3S. The fourth-order valence-electron chi connectivity index (χ4n) is 1.34. The van der Waals surface area contributed by atoms with Crippen LogP contribution < -0.4 is 0 Å². The predicted octanol–water partition coefficient (Wildman–Crippen LogP) is 2.45. The molecule has 0 fully saturated rings. The van der Waals surface area contributed by atoms with E-state index in [9.17, 15) is 8.42 Å². The van der Waals surface area contributed by atoms with Gasteiger partial charge in [0.2, 0.25) is 0 Å². The van der Waals surface area contributed by atoms with E-state index in [0.717, 1.165) is 6.42 Å². The topological polar surface area (TPSA) is 54.4 Å². The minimum absolute atomic E-state index is 0.0225. The lowest BCUT2D eigenvalue weighted by atomic mass is 9.99. The second-order valence-corrected chi connectivity index (χ2v) is 4.71. The lowest BCUT2D eigenvalue weighted by Crippen LogP contribution is -2.05. The molecule has 0 bridgehead atoms. The molecule has 0 radical (unpaired) electrons. The summed E-state index contributed by atoms with van der Waals surface area (Å²) < 4.78 is 31.0. The van der Waals surface area contributed by atoms with E-state index < -0.39 is 10.1 Å². The second-order valence-electron chi connectivity index (χ2n) is 3.32. The number of rotatable bonds is 3. The average molecular weight is 214 g/mol. The fraction of sp³-hybridized carbons (Fsp3) is 0.400. The summed E-state index contributed by atoms with van der Waals surface area (Å²) in [6, 6.07) is 6.54. The van der Waals surface area contributed by atoms with E-state index in [0.29, 0.717) is 5.56 Å². The lowest BCUT2D eigenvalue weighted by molar-refractivity contribution is 0.481. The van der Waals surface area contributed by atoms with Gasteiger partial charge in [-0.3, -0.25) is 4.55 Å². The van der Waals surface area contributed by atoms with Crippen LogP contribution in [0.2, 0.25) is 0 Å². The van der Waals surface area contributed by atoms with Gasteiger partial charge >= 0.3 is 0 Å². The lowest BCUT2D eigenvalue weighted by Gasteiger charge is -2.12. The van der Waals surface area contributed by atoms with E-state index in [1.807, 2.05) is 13.8 Å². The predicted molar refractivity (Wildman–Crippen MR) is 55.0 cm³/mol. The van der Waals surface area contributed by atoms with E-state index in [-0.39, 0.29) is 10.8 Å². The molecule has 0 heterocycles. The Kier molecular flexibility index (Phi) is 3.29. The van der Waals surface area contributed by atoms with Crippen LogP contribution in [-0.2, 0) is 10.1 Å². The van der Waals surface area contributed by atoms with Crippen molar-refractivity contribution in [1.82, 2.24) is 0 Å². The van der Waals surface area contributed by atoms with E-state index in [1.54, 1.807) is 18.2 Å². The molecule has 1 aromatic rings. The second kappa shape index (κ2) is 4.11. The highest BCUT2D eigenvalue weighted by Gasteiger charge is 2.17. The maximum Gasteiger partial charge on any atom is 0.294 e. The summed E-state index contributed by atoms with van der Waals surface area (Å²) in [5, 5.41) is 0. The van der Waals surface area contributed by atoms with Gasteiger partial charge in [-0.2, -0.15) is 8.42 Å². The summed E-state index contributed by atoms with van der Waals surface area (Å²) >= 11 is 0. The smallest absolute Gasteiger partial charge is 0.282 e. The van der Waals surface area contributed by atoms with Gasteiger partial charge in [-0.1, -0.05) is 32.0 Å². The van der Waals surface area contributed by atoms with Crippen LogP contribution in [0.3, 0.4) is 0 Å². The van der Waals surface area contributed by atoms with E-state index in [1.165, 1.54) is 6.07 Å². The van der Waals surface area contributed by atoms with Crippen LogP contribution in [0.15, 0.2) is 29.2 Å². The monoisotopic (exact) mass is 214 g/mol. The summed E-state index contributed by atoms with van der Waals surface area (Å²) in [5.41, 5.74) is 0.678. The molecule has 0 aliphatic carbocycles. The molecule has 0 amide bonds. The zero-order chi connectivity index (χ0) is 10.8. The Morgan fingerprint density at radius 1 is 1.36 bits per heavy atom. The Morgan fingerprint density at radius 2 is 1.93 bits per heavy atom. The van der Waals surface area contributed by atoms with Gasteiger partial charge in [0, 0.05) is 0 Å². The van der Waals surface area contributed by atoms with Crippen LogP contribution >= 0.6 is 0 Å². The third kappa shape index (κ3) is 2.33. The first kappa shape index (κ1) is 11.2. The molecule has 0 aliphatic heterocycles. The van der Waals surface area contributed by atoms with Gasteiger partial charge < -0.3 is 0 Å². The SMILES string of the molecule is CCC(C)c1ccccc1S(=O)(=O)O. The zero-order valence-corrected chi connectivity index (χ0v) is 9.08. The van der Waals surface area contributed by atoms with Crippen molar-refractivity contribution < 1.29 is 13.0 Å². The number of hydrogen-bond acceptors (Lipinski definition) is 2. The fourth-order valence-corrected chi connectivity index (χ4v) is 2.16. The molecule has 1 unspecified atom stereocenters. The summed E-state index contributed by atoms with van der Waals surface area (Å²) in [4.78, 5) is 0.0225. The Balaban J connectivity index is 3.30. The van der Waals surface area contributed by atoms with Crippen LogP contribution in [0.4, 0.5) is 0 Å². The van der Waals surface area contributed by atoms with Crippen molar-refractivity contribution in [2.24, 2.45) is 0 Å². The molecular weight excluding hydrogens is 200 g/mol. The molecule has 0 spiro atoms. The quantitative estimate of drug-likeness (QED) is 0.786. The van der Waals surface area contributed by atoms with Gasteiger partial charge in [0.25, 0.3) is 10.1 Å². The molecule has 4 heteroatoms. The maximum absolute atomic E-state index is 11.0. The normalized spacial score (nSPS) is 13.9. The Labute approximate surface area is 84.5 Å². The van der Waals surface area contributed by atoms with Crippen LogP contribution in [0.1, 0.15) is 31.7 Å². The van der Waals surface area contributed by atoms with Crippen molar-refractivity contribution in [3.05, 3.63) is 29.8 Å². The number of hydrogen-bond donors (Lipinski definition) is 1. The average Bonchev–Trinajstić information content (AvgIpc) is 2.15.